The molecule has 0 aromatic carbocycles. The van der Waals surface area contributed by atoms with Crippen molar-refractivity contribution in [3.8, 4) is 0 Å². The lowest BCUT2D eigenvalue weighted by atomic mass is 9.83. The summed E-state index contributed by atoms with van der Waals surface area (Å²) in [6.07, 6.45) is 5.38. The van der Waals surface area contributed by atoms with Gasteiger partial charge in [0.05, 0.1) is 6.04 Å². The van der Waals surface area contributed by atoms with Crippen molar-refractivity contribution in [2.45, 2.75) is 69.6 Å². The van der Waals surface area contributed by atoms with E-state index in [0.29, 0.717) is 13.0 Å². The van der Waals surface area contributed by atoms with Gasteiger partial charge in [-0.15, -0.1) is 0 Å². The summed E-state index contributed by atoms with van der Waals surface area (Å²) in [6, 6.07) is -1.93. The molecule has 7 N–H and O–H groups in total. The normalized spacial score (nSPS) is 26.3. The minimum absolute atomic E-state index is 0.0719. The summed E-state index contributed by atoms with van der Waals surface area (Å²) in [6.45, 7) is 2.05. The summed E-state index contributed by atoms with van der Waals surface area (Å²) in [5.41, 5.74) is 8.11. The van der Waals surface area contributed by atoms with Crippen molar-refractivity contribution in [1.29, 1.82) is 0 Å². The number of likely N-dealkylation sites (N-methyl/N-ethyl adjacent to an activating group) is 1. The maximum Gasteiger partial charge on any atom is 0.246 e. The highest BCUT2D eigenvalue weighted by Crippen LogP contribution is 2.29. The Morgan fingerprint density at radius 1 is 1.15 bits per heavy atom. The van der Waals surface area contributed by atoms with E-state index in [1.165, 1.54) is 4.90 Å². The fourth-order valence-electron chi connectivity index (χ4n) is 3.91. The van der Waals surface area contributed by atoms with Gasteiger partial charge in [-0.2, -0.15) is 0 Å². The Kier molecular flexibility index (Phi) is 7.36. The molecule has 2 fully saturated rings. The van der Waals surface area contributed by atoms with Crippen molar-refractivity contribution in [3.63, 3.8) is 0 Å². The van der Waals surface area contributed by atoms with E-state index >= 15 is 0 Å². The third-order valence-electron chi connectivity index (χ3n) is 5.66. The van der Waals surface area contributed by atoms with Crippen LogP contribution < -0.4 is 27.6 Å². The molecular weight excluding hydrogens is 336 g/mol. The quantitative estimate of drug-likeness (QED) is 0.276. The van der Waals surface area contributed by atoms with Crippen LogP contribution in [0.5, 0.6) is 0 Å². The van der Waals surface area contributed by atoms with Crippen LogP contribution in [0.4, 0.5) is 0 Å². The van der Waals surface area contributed by atoms with Crippen molar-refractivity contribution < 1.29 is 14.4 Å². The van der Waals surface area contributed by atoms with Crippen LogP contribution in [-0.2, 0) is 14.4 Å². The van der Waals surface area contributed by atoms with Crippen LogP contribution >= 0.6 is 0 Å². The lowest BCUT2D eigenvalue weighted by Crippen LogP contribution is -2.58. The van der Waals surface area contributed by atoms with Crippen LogP contribution in [0.3, 0.4) is 0 Å². The number of hydrazine groups is 1. The van der Waals surface area contributed by atoms with E-state index < -0.39 is 24.0 Å². The second-order valence-corrected chi connectivity index (χ2v) is 7.40. The van der Waals surface area contributed by atoms with Gasteiger partial charge in [-0.05, 0) is 39.2 Å². The Morgan fingerprint density at radius 2 is 1.81 bits per heavy atom. The first-order valence-corrected chi connectivity index (χ1v) is 9.42. The Balaban J connectivity index is 2.20. The van der Waals surface area contributed by atoms with Gasteiger partial charge in [0.25, 0.3) is 0 Å². The van der Waals surface area contributed by atoms with Crippen molar-refractivity contribution in [2.24, 2.45) is 17.5 Å². The predicted octanol–water partition coefficient (Wildman–Crippen LogP) is -1.42. The minimum Gasteiger partial charge on any atom is -0.368 e. The first kappa shape index (κ1) is 20.6. The molecule has 2 rings (SSSR count). The molecule has 0 radical (unpaired) electrons. The molecule has 3 amide bonds. The molecule has 0 spiro atoms. The van der Waals surface area contributed by atoms with E-state index in [0.717, 1.165) is 32.1 Å². The Labute approximate surface area is 154 Å². The van der Waals surface area contributed by atoms with Gasteiger partial charge < -0.3 is 21.3 Å². The molecule has 2 aliphatic rings. The lowest BCUT2D eigenvalue weighted by Gasteiger charge is -2.34. The molecule has 4 unspecified atom stereocenters. The van der Waals surface area contributed by atoms with Gasteiger partial charge in [0, 0.05) is 12.6 Å². The number of rotatable bonds is 7. The summed E-state index contributed by atoms with van der Waals surface area (Å²) in [7, 11) is 1.70. The lowest BCUT2D eigenvalue weighted by molar-refractivity contribution is -0.142. The van der Waals surface area contributed by atoms with Crippen LogP contribution in [0.15, 0.2) is 0 Å². The van der Waals surface area contributed by atoms with Crippen molar-refractivity contribution >= 4 is 17.7 Å². The molecule has 1 aliphatic heterocycles. The minimum atomic E-state index is -0.701. The van der Waals surface area contributed by atoms with Gasteiger partial charge in [0.2, 0.25) is 17.7 Å². The monoisotopic (exact) mass is 368 g/mol. The molecule has 148 valence electrons. The third-order valence-corrected chi connectivity index (χ3v) is 5.66. The summed E-state index contributed by atoms with van der Waals surface area (Å²) < 4.78 is 0. The summed E-state index contributed by atoms with van der Waals surface area (Å²) in [5.74, 6) is 4.56. The zero-order chi connectivity index (χ0) is 19.3. The number of nitrogens with zero attached hydrogens (tertiary/aromatic N) is 1. The van der Waals surface area contributed by atoms with Crippen molar-refractivity contribution in [2.75, 3.05) is 13.6 Å². The van der Waals surface area contributed by atoms with Gasteiger partial charge in [0.15, 0.2) is 0 Å². The SMILES string of the molecule is CNC(C)C(=O)NC(C(=O)N1CC(NN)CC1C(N)=O)C1CCCCC1. The average Bonchev–Trinajstić information content (AvgIpc) is 3.10. The van der Waals surface area contributed by atoms with Gasteiger partial charge in [0.1, 0.15) is 12.1 Å². The van der Waals surface area contributed by atoms with Gasteiger partial charge in [-0.1, -0.05) is 19.3 Å². The molecule has 4 atom stereocenters. The van der Waals surface area contributed by atoms with E-state index in [-0.39, 0.29) is 23.8 Å². The van der Waals surface area contributed by atoms with Gasteiger partial charge in [-0.3, -0.25) is 25.7 Å². The molecule has 9 heteroatoms. The number of likely N-dealkylation sites (tertiary alicyclic amines) is 1. The largest absolute Gasteiger partial charge is 0.368 e. The highest BCUT2D eigenvalue weighted by atomic mass is 16.2. The molecule has 1 saturated heterocycles. The van der Waals surface area contributed by atoms with E-state index in [1.54, 1.807) is 14.0 Å². The standard InChI is InChI=1S/C17H32N6O3/c1-10(20-2)16(25)21-14(11-6-4-3-5-7-11)17(26)23-9-12(22-19)8-13(23)15(18)24/h10-14,20,22H,3-9,19H2,1-2H3,(H2,18,24)(H,21,25). The number of nitrogens with two attached hydrogens (primary N) is 2. The maximum atomic E-state index is 13.3. The molecule has 0 bridgehead atoms. The summed E-state index contributed by atoms with van der Waals surface area (Å²) >= 11 is 0. The zero-order valence-corrected chi connectivity index (χ0v) is 15.7. The topological polar surface area (TPSA) is 143 Å². The average molecular weight is 368 g/mol. The Hall–Kier alpha value is -1.71. The van der Waals surface area contributed by atoms with E-state index in [1.807, 2.05) is 0 Å². The van der Waals surface area contributed by atoms with Crippen LogP contribution in [0.25, 0.3) is 0 Å². The Morgan fingerprint density at radius 3 is 2.35 bits per heavy atom. The molecule has 1 saturated carbocycles. The van der Waals surface area contributed by atoms with Crippen molar-refractivity contribution in [1.82, 2.24) is 21.0 Å². The second kappa shape index (κ2) is 9.29. The van der Waals surface area contributed by atoms with E-state index in [4.69, 9.17) is 11.6 Å². The number of hydrogen-bond acceptors (Lipinski definition) is 6. The highest BCUT2D eigenvalue weighted by Gasteiger charge is 2.43. The smallest absolute Gasteiger partial charge is 0.246 e. The second-order valence-electron chi connectivity index (χ2n) is 7.40. The Bertz CT molecular complexity index is 523. The molecule has 26 heavy (non-hydrogen) atoms. The number of primary amides is 1. The molecule has 0 aromatic rings. The zero-order valence-electron chi connectivity index (χ0n) is 15.7. The fourth-order valence-corrected chi connectivity index (χ4v) is 3.91. The first-order valence-electron chi connectivity index (χ1n) is 9.42. The number of nitrogens with one attached hydrogen (secondary N) is 3. The van der Waals surface area contributed by atoms with Crippen LogP contribution in [-0.4, -0.2) is 60.4 Å². The molecule has 0 aromatic heterocycles. The van der Waals surface area contributed by atoms with Gasteiger partial charge in [-0.25, -0.2) is 0 Å². The maximum absolute atomic E-state index is 13.3. The van der Waals surface area contributed by atoms with Crippen LogP contribution in [0.2, 0.25) is 0 Å². The number of carbonyl (C=O) groups excluding carboxylic acids is 3. The summed E-state index contributed by atoms with van der Waals surface area (Å²) in [5, 5.41) is 5.80. The van der Waals surface area contributed by atoms with Crippen LogP contribution in [0, 0.1) is 5.92 Å². The first-order chi connectivity index (χ1) is 12.4. The van der Waals surface area contributed by atoms with Crippen LogP contribution in [0.1, 0.15) is 45.4 Å². The predicted molar refractivity (Wildman–Crippen MR) is 97.5 cm³/mol. The third kappa shape index (κ3) is 4.72. The van der Waals surface area contributed by atoms with Crippen molar-refractivity contribution in [3.05, 3.63) is 0 Å². The molecular formula is C17H32N6O3. The number of carbonyl (C=O) groups is 3. The van der Waals surface area contributed by atoms with Gasteiger partial charge >= 0.3 is 0 Å². The van der Waals surface area contributed by atoms with E-state index in [9.17, 15) is 14.4 Å². The van der Waals surface area contributed by atoms with E-state index in [2.05, 4.69) is 16.1 Å². The number of hydrogen-bond donors (Lipinski definition) is 5. The number of amides is 3. The molecule has 9 nitrogen and oxygen atoms in total. The molecule has 1 aliphatic carbocycles. The fraction of sp³-hybridized carbons (Fsp3) is 0.824. The molecule has 1 heterocycles. The highest BCUT2D eigenvalue weighted by molar-refractivity contribution is 5.93. The summed E-state index contributed by atoms with van der Waals surface area (Å²) in [4.78, 5) is 39.0.